The molecule has 394 valence electrons. The average molecular weight is 957 g/mol. The standard InChI is InChI=1S/C57H114NO7P/c1-3-5-7-9-11-13-15-17-19-21-23-25-27-29-31-33-35-37-39-41-43-45-47-49-52-62-54-56(55-64-66(60,61)63-53-51-58)65-57(59)50-48-46-44-42-40-38-36-34-32-30-28-26-24-22-20-18-16-14-12-10-8-6-4-2/h21,23,56H,3-20,22,24-55,58H2,1-2H3,(H,60,61)/b23-21-. The largest absolute Gasteiger partial charge is 0.472 e. The molecule has 0 aliphatic rings. The van der Waals surface area contributed by atoms with Gasteiger partial charge in [-0.2, -0.15) is 0 Å². The van der Waals surface area contributed by atoms with Crippen LogP contribution in [0.5, 0.6) is 0 Å². The maximum absolute atomic E-state index is 12.7. The minimum atomic E-state index is -4.28. The van der Waals surface area contributed by atoms with Crippen molar-refractivity contribution in [3.63, 3.8) is 0 Å². The van der Waals surface area contributed by atoms with Gasteiger partial charge in [0.1, 0.15) is 6.10 Å². The summed E-state index contributed by atoms with van der Waals surface area (Å²) in [7, 11) is -4.28. The van der Waals surface area contributed by atoms with E-state index in [1.807, 2.05) is 0 Å². The van der Waals surface area contributed by atoms with E-state index in [-0.39, 0.29) is 32.3 Å². The molecule has 9 heteroatoms. The van der Waals surface area contributed by atoms with E-state index >= 15 is 0 Å². The number of nitrogens with two attached hydrogens (primary N) is 1. The summed E-state index contributed by atoms with van der Waals surface area (Å²) in [5.41, 5.74) is 5.40. The lowest BCUT2D eigenvalue weighted by atomic mass is 10.0. The van der Waals surface area contributed by atoms with Crippen LogP contribution in [0.25, 0.3) is 0 Å². The monoisotopic (exact) mass is 956 g/mol. The molecule has 0 aromatic heterocycles. The smallest absolute Gasteiger partial charge is 0.457 e. The number of phosphoric ester groups is 1. The van der Waals surface area contributed by atoms with Crippen molar-refractivity contribution in [1.82, 2.24) is 0 Å². The summed E-state index contributed by atoms with van der Waals surface area (Å²) in [6.07, 6.45) is 64.1. The highest BCUT2D eigenvalue weighted by Crippen LogP contribution is 2.43. The summed E-state index contributed by atoms with van der Waals surface area (Å²) in [6.45, 7) is 5.01. The summed E-state index contributed by atoms with van der Waals surface area (Å²) in [4.78, 5) is 22.7. The third-order valence-electron chi connectivity index (χ3n) is 13.2. The van der Waals surface area contributed by atoms with Gasteiger partial charge in [0.05, 0.1) is 19.8 Å². The number of esters is 1. The van der Waals surface area contributed by atoms with Gasteiger partial charge >= 0.3 is 13.8 Å². The van der Waals surface area contributed by atoms with E-state index < -0.39 is 13.9 Å². The number of hydrogen-bond donors (Lipinski definition) is 2. The molecule has 0 saturated carbocycles. The van der Waals surface area contributed by atoms with Gasteiger partial charge in [-0.3, -0.25) is 13.8 Å². The predicted molar refractivity (Wildman–Crippen MR) is 284 cm³/mol. The van der Waals surface area contributed by atoms with E-state index in [0.29, 0.717) is 13.0 Å². The predicted octanol–water partition coefficient (Wildman–Crippen LogP) is 18.5. The van der Waals surface area contributed by atoms with Crippen molar-refractivity contribution in [3.05, 3.63) is 12.2 Å². The number of ether oxygens (including phenoxy) is 2. The Morgan fingerprint density at radius 2 is 0.758 bits per heavy atom. The Morgan fingerprint density at radius 3 is 1.11 bits per heavy atom. The van der Waals surface area contributed by atoms with Crippen LogP contribution in [0, 0.1) is 0 Å². The fourth-order valence-electron chi connectivity index (χ4n) is 8.88. The quantitative estimate of drug-likeness (QED) is 0.0268. The van der Waals surface area contributed by atoms with Gasteiger partial charge in [-0.25, -0.2) is 4.57 Å². The fourth-order valence-corrected chi connectivity index (χ4v) is 9.64. The number of rotatable bonds is 57. The Balaban J connectivity index is 3.83. The van der Waals surface area contributed by atoms with Crippen LogP contribution in [0.1, 0.15) is 309 Å². The average Bonchev–Trinajstić information content (AvgIpc) is 3.31. The Kier molecular flexibility index (Phi) is 54.5. The molecule has 2 unspecified atom stereocenters. The zero-order chi connectivity index (χ0) is 48.0. The third kappa shape index (κ3) is 54.2. The van der Waals surface area contributed by atoms with Crippen molar-refractivity contribution in [2.24, 2.45) is 5.73 Å². The Hall–Kier alpha value is -0.760. The second-order valence-corrected chi connectivity index (χ2v) is 21.3. The summed E-state index contributed by atoms with van der Waals surface area (Å²) < 4.78 is 33.7. The van der Waals surface area contributed by atoms with Crippen LogP contribution in [0.3, 0.4) is 0 Å². The highest BCUT2D eigenvalue weighted by atomic mass is 31.2. The lowest BCUT2D eigenvalue weighted by Crippen LogP contribution is -2.28. The molecule has 0 spiro atoms. The fraction of sp³-hybridized carbons (Fsp3) is 0.947. The number of allylic oxidation sites excluding steroid dienone is 2. The Labute approximate surface area is 411 Å². The molecule has 0 heterocycles. The number of phosphoric acid groups is 1. The second-order valence-electron chi connectivity index (χ2n) is 19.9. The molecule has 0 saturated heterocycles. The first-order valence-electron chi connectivity index (χ1n) is 29.2. The molecule has 66 heavy (non-hydrogen) atoms. The minimum absolute atomic E-state index is 0.0913. The molecule has 0 rings (SSSR count). The number of hydrogen-bond acceptors (Lipinski definition) is 7. The van der Waals surface area contributed by atoms with E-state index in [0.717, 1.165) is 32.1 Å². The summed E-state index contributed by atoms with van der Waals surface area (Å²) in [5.74, 6) is -0.321. The first kappa shape index (κ1) is 65.2. The third-order valence-corrected chi connectivity index (χ3v) is 14.2. The molecule has 0 amide bonds. The van der Waals surface area contributed by atoms with Crippen molar-refractivity contribution >= 4 is 13.8 Å². The van der Waals surface area contributed by atoms with Crippen LogP contribution < -0.4 is 5.73 Å². The van der Waals surface area contributed by atoms with Gasteiger partial charge in [-0.05, 0) is 38.5 Å². The first-order chi connectivity index (χ1) is 32.4. The van der Waals surface area contributed by atoms with E-state index in [1.54, 1.807) is 0 Å². The Morgan fingerprint density at radius 1 is 0.439 bits per heavy atom. The molecular weight excluding hydrogens is 842 g/mol. The van der Waals surface area contributed by atoms with Crippen LogP contribution in [-0.2, 0) is 27.9 Å². The molecular formula is C57H114NO7P. The van der Waals surface area contributed by atoms with Crippen LogP contribution in [-0.4, -0.2) is 49.9 Å². The van der Waals surface area contributed by atoms with Gasteiger partial charge in [0.15, 0.2) is 0 Å². The second kappa shape index (κ2) is 55.2. The molecule has 0 aromatic carbocycles. The van der Waals surface area contributed by atoms with Gasteiger partial charge in [-0.1, -0.05) is 276 Å². The number of unbranched alkanes of at least 4 members (excludes halogenated alkanes) is 42. The highest BCUT2D eigenvalue weighted by Gasteiger charge is 2.25. The minimum Gasteiger partial charge on any atom is -0.457 e. The van der Waals surface area contributed by atoms with Gasteiger partial charge in [0.25, 0.3) is 0 Å². The summed E-state index contributed by atoms with van der Waals surface area (Å²) in [5, 5.41) is 0. The molecule has 0 aliphatic carbocycles. The van der Waals surface area contributed by atoms with Gasteiger partial charge < -0.3 is 20.1 Å². The zero-order valence-corrected chi connectivity index (χ0v) is 45.1. The van der Waals surface area contributed by atoms with E-state index in [9.17, 15) is 14.3 Å². The van der Waals surface area contributed by atoms with Crippen molar-refractivity contribution in [1.29, 1.82) is 0 Å². The maximum Gasteiger partial charge on any atom is 0.472 e. The zero-order valence-electron chi connectivity index (χ0n) is 44.2. The SMILES string of the molecule is CCCCCCCCCC/C=C\CCCCCCCCCCCCCCOCC(COP(=O)(O)OCCN)OC(=O)CCCCCCCCCCCCCCCCCCCCCCCCC. The van der Waals surface area contributed by atoms with E-state index in [2.05, 4.69) is 26.0 Å². The van der Waals surface area contributed by atoms with E-state index in [4.69, 9.17) is 24.3 Å². The van der Waals surface area contributed by atoms with Crippen molar-refractivity contribution in [2.75, 3.05) is 33.0 Å². The van der Waals surface area contributed by atoms with Gasteiger partial charge in [0, 0.05) is 19.6 Å². The molecule has 0 aromatic rings. The molecule has 8 nitrogen and oxygen atoms in total. The molecule has 3 N–H and O–H groups in total. The Bertz CT molecular complexity index is 1030. The number of carbonyl (C=O) groups is 1. The normalized spacial score (nSPS) is 13.2. The van der Waals surface area contributed by atoms with Crippen LogP contribution in [0.2, 0.25) is 0 Å². The number of carbonyl (C=O) groups excluding carboxylic acids is 1. The molecule has 0 radical (unpaired) electrons. The first-order valence-corrected chi connectivity index (χ1v) is 30.7. The maximum atomic E-state index is 12.7. The highest BCUT2D eigenvalue weighted by molar-refractivity contribution is 7.47. The molecule has 0 bridgehead atoms. The van der Waals surface area contributed by atoms with Crippen LogP contribution >= 0.6 is 7.82 Å². The lowest BCUT2D eigenvalue weighted by molar-refractivity contribution is -0.154. The van der Waals surface area contributed by atoms with Gasteiger partial charge in [-0.15, -0.1) is 0 Å². The summed E-state index contributed by atoms with van der Waals surface area (Å²) in [6, 6.07) is 0. The molecule has 0 fully saturated rings. The van der Waals surface area contributed by atoms with Crippen LogP contribution in [0.15, 0.2) is 12.2 Å². The van der Waals surface area contributed by atoms with Crippen LogP contribution in [0.4, 0.5) is 0 Å². The topological polar surface area (TPSA) is 117 Å². The summed E-state index contributed by atoms with van der Waals surface area (Å²) >= 11 is 0. The van der Waals surface area contributed by atoms with Gasteiger partial charge in [0.2, 0.25) is 0 Å². The lowest BCUT2D eigenvalue weighted by Gasteiger charge is -2.20. The molecule has 0 aliphatic heterocycles. The van der Waals surface area contributed by atoms with Crippen molar-refractivity contribution < 1.29 is 32.8 Å². The van der Waals surface area contributed by atoms with E-state index in [1.165, 1.54) is 257 Å². The van der Waals surface area contributed by atoms with Crippen molar-refractivity contribution in [3.8, 4) is 0 Å². The van der Waals surface area contributed by atoms with Crippen molar-refractivity contribution in [2.45, 2.75) is 315 Å². The molecule has 2 atom stereocenters.